The van der Waals surface area contributed by atoms with Gasteiger partial charge < -0.3 is 5.32 Å². The van der Waals surface area contributed by atoms with E-state index < -0.39 is 50.4 Å². The summed E-state index contributed by atoms with van der Waals surface area (Å²) in [6, 6.07) is 14.7. The highest BCUT2D eigenvalue weighted by molar-refractivity contribution is 7.92. The molecule has 0 fully saturated rings. The van der Waals surface area contributed by atoms with Crippen molar-refractivity contribution in [3.8, 4) is 0 Å². The molecule has 0 aromatic heterocycles. The molecule has 3 rings (SSSR count). The zero-order valence-electron chi connectivity index (χ0n) is 15.7. The van der Waals surface area contributed by atoms with E-state index in [1.165, 1.54) is 36.4 Å². The first-order chi connectivity index (χ1) is 14.7. The van der Waals surface area contributed by atoms with Gasteiger partial charge in [-0.3, -0.25) is 19.2 Å². The number of nitro benzene ring substituents is 1. The second-order valence-corrected chi connectivity index (χ2v) is 8.11. The number of amides is 1. The van der Waals surface area contributed by atoms with E-state index in [9.17, 15) is 32.1 Å². The number of carbonyl (C=O) groups is 1. The number of rotatable bonds is 7. The summed E-state index contributed by atoms with van der Waals surface area (Å²) in [6.07, 6.45) is 0. The van der Waals surface area contributed by atoms with Gasteiger partial charge >= 0.3 is 0 Å². The Morgan fingerprint density at radius 1 is 0.968 bits per heavy atom. The minimum atomic E-state index is -4.34. The quantitative estimate of drug-likeness (QED) is 0.439. The summed E-state index contributed by atoms with van der Waals surface area (Å²) in [6.45, 7) is -0.883. The maximum Gasteiger partial charge on any atom is 0.271 e. The van der Waals surface area contributed by atoms with E-state index in [0.717, 1.165) is 30.3 Å². The van der Waals surface area contributed by atoms with Gasteiger partial charge in [-0.2, -0.15) is 0 Å². The lowest BCUT2D eigenvalue weighted by atomic mass is 10.2. The largest absolute Gasteiger partial charge is 0.320 e. The Morgan fingerprint density at radius 2 is 1.58 bits per heavy atom. The Hall–Kier alpha value is -3.86. The van der Waals surface area contributed by atoms with Gasteiger partial charge in [-0.05, 0) is 30.3 Å². The predicted octanol–water partition coefficient (Wildman–Crippen LogP) is 3.71. The number of non-ortho nitro benzene ring substituents is 1. The highest BCUT2D eigenvalue weighted by Crippen LogP contribution is 2.27. The number of sulfonamides is 1. The highest BCUT2D eigenvalue weighted by atomic mass is 32.2. The van der Waals surface area contributed by atoms with Crippen molar-refractivity contribution in [1.29, 1.82) is 0 Å². The average molecular weight is 447 g/mol. The van der Waals surface area contributed by atoms with Crippen molar-refractivity contribution >= 4 is 33.0 Å². The van der Waals surface area contributed by atoms with Gasteiger partial charge in [-0.25, -0.2) is 17.2 Å². The number of nitro groups is 1. The number of carbonyl (C=O) groups excluding carboxylic acids is 1. The van der Waals surface area contributed by atoms with Gasteiger partial charge in [0.1, 0.15) is 23.9 Å². The van der Waals surface area contributed by atoms with E-state index in [2.05, 4.69) is 0 Å². The van der Waals surface area contributed by atoms with Crippen molar-refractivity contribution < 1.29 is 26.9 Å². The van der Waals surface area contributed by atoms with Crippen LogP contribution < -0.4 is 9.62 Å². The molecule has 11 heteroatoms. The Balaban J connectivity index is 2.01. The summed E-state index contributed by atoms with van der Waals surface area (Å²) in [5.74, 6) is -3.13. The number of hydrogen-bond acceptors (Lipinski definition) is 5. The Bertz CT molecular complexity index is 1220. The molecule has 0 unspecified atom stereocenters. The molecule has 160 valence electrons. The lowest BCUT2D eigenvalue weighted by Crippen LogP contribution is -2.38. The van der Waals surface area contributed by atoms with Crippen molar-refractivity contribution in [2.45, 2.75) is 4.90 Å². The van der Waals surface area contributed by atoms with E-state index in [1.54, 1.807) is 6.07 Å². The summed E-state index contributed by atoms with van der Waals surface area (Å²) in [7, 11) is -4.34. The molecular formula is C20H15F2N3O5S. The third kappa shape index (κ3) is 4.83. The first-order valence-corrected chi connectivity index (χ1v) is 10.2. The molecule has 8 nitrogen and oxygen atoms in total. The van der Waals surface area contributed by atoms with Crippen LogP contribution in [0.25, 0.3) is 0 Å². The monoisotopic (exact) mass is 447 g/mol. The molecule has 0 aliphatic rings. The maximum absolute atomic E-state index is 13.9. The van der Waals surface area contributed by atoms with Crippen molar-refractivity contribution in [2.24, 2.45) is 0 Å². The number of para-hydroxylation sites is 1. The topological polar surface area (TPSA) is 110 Å². The SMILES string of the molecule is O=C(CN(c1cccc([N+](=O)[O-])c1)S(=O)(=O)c1ccccc1)Nc1c(F)cccc1F. The van der Waals surface area contributed by atoms with Crippen LogP contribution in [0.2, 0.25) is 0 Å². The Kier molecular flexibility index (Phi) is 6.25. The predicted molar refractivity (Wildman–Crippen MR) is 109 cm³/mol. The van der Waals surface area contributed by atoms with Gasteiger partial charge in [-0.15, -0.1) is 0 Å². The number of benzene rings is 3. The van der Waals surface area contributed by atoms with Crippen LogP contribution in [0.4, 0.5) is 25.8 Å². The number of nitrogens with one attached hydrogen (secondary N) is 1. The van der Waals surface area contributed by atoms with E-state index in [1.807, 2.05) is 5.32 Å². The second-order valence-electron chi connectivity index (χ2n) is 6.25. The van der Waals surface area contributed by atoms with E-state index >= 15 is 0 Å². The van der Waals surface area contributed by atoms with Gasteiger partial charge in [0.05, 0.1) is 15.5 Å². The van der Waals surface area contributed by atoms with Gasteiger partial charge in [0.25, 0.3) is 15.7 Å². The molecular weight excluding hydrogens is 432 g/mol. The fraction of sp³-hybridized carbons (Fsp3) is 0.0500. The highest BCUT2D eigenvalue weighted by Gasteiger charge is 2.28. The van der Waals surface area contributed by atoms with Crippen LogP contribution in [0.15, 0.2) is 77.7 Å². The summed E-state index contributed by atoms with van der Waals surface area (Å²) >= 11 is 0. The normalized spacial score (nSPS) is 11.0. The van der Waals surface area contributed by atoms with Gasteiger partial charge in [0, 0.05) is 12.1 Å². The van der Waals surface area contributed by atoms with Crippen molar-refractivity contribution in [1.82, 2.24) is 0 Å². The van der Waals surface area contributed by atoms with Crippen LogP contribution in [0.1, 0.15) is 0 Å². The minimum Gasteiger partial charge on any atom is -0.320 e. The molecule has 0 atom stereocenters. The number of nitrogens with zero attached hydrogens (tertiary/aromatic N) is 2. The summed E-state index contributed by atoms with van der Waals surface area (Å²) < 4.78 is 54.7. The molecule has 0 spiro atoms. The molecule has 31 heavy (non-hydrogen) atoms. The van der Waals surface area contributed by atoms with Gasteiger partial charge in [0.2, 0.25) is 5.91 Å². The fourth-order valence-electron chi connectivity index (χ4n) is 2.72. The smallest absolute Gasteiger partial charge is 0.271 e. The molecule has 0 bridgehead atoms. The first-order valence-electron chi connectivity index (χ1n) is 8.76. The number of halogens is 2. The summed E-state index contributed by atoms with van der Waals surface area (Å²) in [5.41, 5.74) is -1.29. The molecule has 0 saturated heterocycles. The van der Waals surface area contributed by atoms with E-state index in [0.29, 0.717) is 4.31 Å². The van der Waals surface area contributed by atoms with Crippen LogP contribution in [-0.4, -0.2) is 25.8 Å². The van der Waals surface area contributed by atoms with Crippen LogP contribution in [0.3, 0.4) is 0 Å². The Labute approximate surface area is 175 Å². The van der Waals surface area contributed by atoms with Gasteiger partial charge in [0.15, 0.2) is 0 Å². The number of anilines is 2. The van der Waals surface area contributed by atoms with Gasteiger partial charge in [-0.1, -0.05) is 30.3 Å². The first kappa shape index (κ1) is 21.8. The molecule has 0 heterocycles. The zero-order valence-corrected chi connectivity index (χ0v) is 16.6. The molecule has 1 amide bonds. The van der Waals surface area contributed by atoms with E-state index in [-0.39, 0.29) is 10.6 Å². The molecule has 3 aromatic rings. The molecule has 0 saturated carbocycles. The molecule has 0 aliphatic heterocycles. The third-order valence-electron chi connectivity index (χ3n) is 4.17. The van der Waals surface area contributed by atoms with Crippen molar-refractivity contribution in [2.75, 3.05) is 16.2 Å². The molecule has 1 N–H and O–H groups in total. The van der Waals surface area contributed by atoms with Crippen LogP contribution in [-0.2, 0) is 14.8 Å². The van der Waals surface area contributed by atoms with Crippen molar-refractivity contribution in [3.05, 3.63) is 94.5 Å². The standard InChI is InChI=1S/C20H15F2N3O5S/c21-17-10-5-11-18(22)20(17)23-19(26)13-24(14-6-4-7-15(12-14)25(27)28)31(29,30)16-8-2-1-3-9-16/h1-12H,13H2,(H,23,26). The third-order valence-corrected chi connectivity index (χ3v) is 5.96. The average Bonchev–Trinajstić information content (AvgIpc) is 2.75. The summed E-state index contributed by atoms with van der Waals surface area (Å²) in [4.78, 5) is 22.7. The molecule has 0 aliphatic carbocycles. The summed E-state index contributed by atoms with van der Waals surface area (Å²) in [5, 5.41) is 13.1. The number of hydrogen-bond donors (Lipinski definition) is 1. The zero-order chi connectivity index (χ0) is 22.6. The van der Waals surface area contributed by atoms with Crippen LogP contribution in [0.5, 0.6) is 0 Å². The van der Waals surface area contributed by atoms with Crippen LogP contribution in [0, 0.1) is 21.7 Å². The van der Waals surface area contributed by atoms with Crippen molar-refractivity contribution in [3.63, 3.8) is 0 Å². The lowest BCUT2D eigenvalue weighted by molar-refractivity contribution is -0.384. The minimum absolute atomic E-state index is 0.165. The van der Waals surface area contributed by atoms with Crippen LogP contribution >= 0.6 is 0 Å². The molecule has 0 radical (unpaired) electrons. The fourth-order valence-corrected chi connectivity index (χ4v) is 4.16. The second kappa shape index (κ2) is 8.88. The van der Waals surface area contributed by atoms with E-state index in [4.69, 9.17) is 0 Å². The molecule has 3 aromatic carbocycles. The lowest BCUT2D eigenvalue weighted by Gasteiger charge is -2.24. The maximum atomic E-state index is 13.9. The Morgan fingerprint density at radius 3 is 2.19 bits per heavy atom.